The van der Waals surface area contributed by atoms with Crippen molar-refractivity contribution in [1.82, 2.24) is 0 Å². The van der Waals surface area contributed by atoms with Crippen molar-refractivity contribution in [1.29, 1.82) is 0 Å². The number of thioether (sulfide) groups is 1. The van der Waals surface area contributed by atoms with Crippen molar-refractivity contribution in [3.8, 4) is 0 Å². The van der Waals surface area contributed by atoms with E-state index < -0.39 is 4.92 Å². The Labute approximate surface area is 148 Å². The van der Waals surface area contributed by atoms with Gasteiger partial charge in [0.25, 0.3) is 11.6 Å². The number of non-ortho nitro benzene ring substituents is 1. The van der Waals surface area contributed by atoms with Gasteiger partial charge in [-0.25, -0.2) is 0 Å². The van der Waals surface area contributed by atoms with E-state index in [1.807, 2.05) is 31.2 Å². The van der Waals surface area contributed by atoms with Crippen LogP contribution in [0.1, 0.15) is 11.1 Å². The van der Waals surface area contributed by atoms with E-state index in [2.05, 4.69) is 0 Å². The predicted molar refractivity (Wildman–Crippen MR) is 99.9 cm³/mol. The first kappa shape index (κ1) is 16.4. The van der Waals surface area contributed by atoms with Gasteiger partial charge in [-0.2, -0.15) is 0 Å². The lowest BCUT2D eigenvalue weighted by Crippen LogP contribution is -2.27. The van der Waals surface area contributed by atoms with Crippen LogP contribution < -0.4 is 4.90 Å². The lowest BCUT2D eigenvalue weighted by Gasteiger charge is -2.13. The molecular formula is C17H12N2O3S2. The van der Waals surface area contributed by atoms with Crippen LogP contribution in [0.3, 0.4) is 0 Å². The van der Waals surface area contributed by atoms with Crippen LogP contribution in [-0.2, 0) is 4.79 Å². The molecule has 0 spiro atoms. The molecule has 0 N–H and O–H groups in total. The standard InChI is InChI=1S/C17H12N2O3S2/c1-11-5-7-12(8-6-11)9-15-16(20)18(17(23)24-15)13-3-2-4-14(10-13)19(21)22/h2-10H,1H3/b15-9+. The molecule has 1 aliphatic heterocycles. The minimum Gasteiger partial charge on any atom is -0.268 e. The third-order valence-electron chi connectivity index (χ3n) is 3.47. The molecule has 1 amide bonds. The van der Waals surface area contributed by atoms with Gasteiger partial charge in [-0.15, -0.1) is 0 Å². The molecule has 2 aromatic rings. The number of aryl methyl sites for hydroxylation is 1. The third-order valence-corrected chi connectivity index (χ3v) is 4.77. The topological polar surface area (TPSA) is 63.4 Å². The number of nitro benzene ring substituents is 1. The van der Waals surface area contributed by atoms with Gasteiger partial charge in [0.15, 0.2) is 4.32 Å². The van der Waals surface area contributed by atoms with E-state index in [4.69, 9.17) is 12.2 Å². The first-order chi connectivity index (χ1) is 11.5. The molecule has 0 saturated carbocycles. The number of carbonyl (C=O) groups is 1. The normalized spacial score (nSPS) is 16.0. The maximum Gasteiger partial charge on any atom is 0.271 e. The molecule has 1 fully saturated rings. The van der Waals surface area contributed by atoms with Crippen molar-refractivity contribution in [3.05, 3.63) is 74.7 Å². The van der Waals surface area contributed by atoms with Gasteiger partial charge in [-0.05, 0) is 24.6 Å². The monoisotopic (exact) mass is 356 g/mol. The molecule has 1 heterocycles. The van der Waals surface area contributed by atoms with Crippen LogP contribution in [0.5, 0.6) is 0 Å². The zero-order valence-electron chi connectivity index (χ0n) is 12.6. The first-order valence-corrected chi connectivity index (χ1v) is 8.27. The number of hydrogen-bond acceptors (Lipinski definition) is 5. The van der Waals surface area contributed by atoms with Crippen LogP contribution in [0.4, 0.5) is 11.4 Å². The molecule has 0 bridgehead atoms. The summed E-state index contributed by atoms with van der Waals surface area (Å²) in [6, 6.07) is 13.7. The van der Waals surface area contributed by atoms with Gasteiger partial charge in [0.2, 0.25) is 0 Å². The van der Waals surface area contributed by atoms with E-state index in [1.54, 1.807) is 12.1 Å². The minimum absolute atomic E-state index is 0.0796. The molecule has 0 aliphatic carbocycles. The molecule has 0 atom stereocenters. The van der Waals surface area contributed by atoms with Crippen LogP contribution in [0.2, 0.25) is 0 Å². The molecule has 7 heteroatoms. The molecule has 120 valence electrons. The summed E-state index contributed by atoms with van der Waals surface area (Å²) in [7, 11) is 0. The number of rotatable bonds is 3. The van der Waals surface area contributed by atoms with Gasteiger partial charge in [-0.3, -0.25) is 19.8 Å². The summed E-state index contributed by atoms with van der Waals surface area (Å²) in [5.74, 6) is -0.272. The first-order valence-electron chi connectivity index (χ1n) is 7.05. The Kier molecular flexibility index (Phi) is 4.46. The SMILES string of the molecule is Cc1ccc(/C=C2/SC(=S)N(c3cccc([N+](=O)[O-])c3)C2=O)cc1. The lowest BCUT2D eigenvalue weighted by atomic mass is 10.1. The van der Waals surface area contributed by atoms with Crippen molar-refractivity contribution in [2.24, 2.45) is 0 Å². The van der Waals surface area contributed by atoms with Crippen LogP contribution in [0.15, 0.2) is 53.4 Å². The molecule has 1 aliphatic rings. The molecule has 0 unspecified atom stereocenters. The average molecular weight is 356 g/mol. The summed E-state index contributed by atoms with van der Waals surface area (Å²) < 4.78 is 0.360. The fraction of sp³-hybridized carbons (Fsp3) is 0.0588. The van der Waals surface area contributed by atoms with Gasteiger partial charge >= 0.3 is 0 Å². The number of nitro groups is 1. The number of anilines is 1. The van der Waals surface area contributed by atoms with E-state index in [1.165, 1.54) is 34.9 Å². The lowest BCUT2D eigenvalue weighted by molar-refractivity contribution is -0.384. The molecule has 24 heavy (non-hydrogen) atoms. The second-order valence-corrected chi connectivity index (χ2v) is 6.88. The molecular weight excluding hydrogens is 344 g/mol. The van der Waals surface area contributed by atoms with Crippen LogP contribution >= 0.6 is 24.0 Å². The summed E-state index contributed by atoms with van der Waals surface area (Å²) in [4.78, 5) is 24.9. The molecule has 2 aromatic carbocycles. The quantitative estimate of drug-likeness (QED) is 0.355. The van der Waals surface area contributed by atoms with E-state index >= 15 is 0 Å². The Morgan fingerprint density at radius 1 is 1.21 bits per heavy atom. The van der Waals surface area contributed by atoms with Crippen LogP contribution in [-0.4, -0.2) is 15.2 Å². The zero-order chi connectivity index (χ0) is 17.3. The molecule has 1 saturated heterocycles. The fourth-order valence-electron chi connectivity index (χ4n) is 2.25. The smallest absolute Gasteiger partial charge is 0.268 e. The van der Waals surface area contributed by atoms with Crippen molar-refractivity contribution < 1.29 is 9.72 Å². The highest BCUT2D eigenvalue weighted by molar-refractivity contribution is 8.27. The molecule has 0 aromatic heterocycles. The highest BCUT2D eigenvalue weighted by Gasteiger charge is 2.33. The minimum atomic E-state index is -0.497. The van der Waals surface area contributed by atoms with Crippen LogP contribution in [0.25, 0.3) is 6.08 Å². The Bertz CT molecular complexity index is 876. The van der Waals surface area contributed by atoms with Crippen LogP contribution in [0, 0.1) is 17.0 Å². The van der Waals surface area contributed by atoms with Gasteiger partial charge in [0.05, 0.1) is 15.5 Å². The predicted octanol–water partition coefficient (Wildman–Crippen LogP) is 4.31. The summed E-state index contributed by atoms with van der Waals surface area (Å²) in [6.07, 6.45) is 1.77. The third kappa shape index (κ3) is 3.22. The van der Waals surface area contributed by atoms with Gasteiger partial charge < -0.3 is 0 Å². The molecule has 5 nitrogen and oxygen atoms in total. The Balaban J connectivity index is 1.93. The maximum atomic E-state index is 12.6. The number of hydrogen-bond donors (Lipinski definition) is 0. The number of nitrogens with zero attached hydrogens (tertiary/aromatic N) is 2. The van der Waals surface area contributed by atoms with Crippen molar-refractivity contribution >= 4 is 51.7 Å². The van der Waals surface area contributed by atoms with Crippen molar-refractivity contribution in [3.63, 3.8) is 0 Å². The second kappa shape index (κ2) is 6.54. The summed E-state index contributed by atoms with van der Waals surface area (Å²) >= 11 is 6.47. The highest BCUT2D eigenvalue weighted by atomic mass is 32.2. The van der Waals surface area contributed by atoms with Crippen molar-refractivity contribution in [2.45, 2.75) is 6.92 Å². The second-order valence-electron chi connectivity index (χ2n) is 5.20. The fourth-order valence-corrected chi connectivity index (χ4v) is 3.55. The number of carbonyl (C=O) groups excluding carboxylic acids is 1. The van der Waals surface area contributed by atoms with Gasteiger partial charge in [0.1, 0.15) is 0 Å². The zero-order valence-corrected chi connectivity index (χ0v) is 14.3. The number of benzene rings is 2. The van der Waals surface area contributed by atoms with Gasteiger partial charge in [-0.1, -0.05) is 59.9 Å². The Morgan fingerprint density at radius 2 is 1.92 bits per heavy atom. The molecule has 3 rings (SSSR count). The Hall–Kier alpha value is -2.51. The van der Waals surface area contributed by atoms with E-state index in [-0.39, 0.29) is 11.6 Å². The van der Waals surface area contributed by atoms with E-state index in [9.17, 15) is 14.9 Å². The molecule has 0 radical (unpaired) electrons. The van der Waals surface area contributed by atoms with Crippen molar-refractivity contribution in [2.75, 3.05) is 4.90 Å². The average Bonchev–Trinajstić information content (AvgIpc) is 2.83. The largest absolute Gasteiger partial charge is 0.271 e. The summed E-state index contributed by atoms with van der Waals surface area (Å²) in [6.45, 7) is 1.99. The van der Waals surface area contributed by atoms with Gasteiger partial charge in [0, 0.05) is 12.1 Å². The number of thiocarbonyl (C=S) groups is 1. The highest BCUT2D eigenvalue weighted by Crippen LogP contribution is 2.36. The Morgan fingerprint density at radius 3 is 2.58 bits per heavy atom. The number of amides is 1. The van der Waals surface area contributed by atoms with E-state index in [0.717, 1.165) is 11.1 Å². The maximum absolute atomic E-state index is 12.6. The summed E-state index contributed by atoms with van der Waals surface area (Å²) in [5.41, 5.74) is 2.36. The van der Waals surface area contributed by atoms with E-state index in [0.29, 0.717) is 14.9 Å². The summed E-state index contributed by atoms with van der Waals surface area (Å²) in [5, 5.41) is 10.9.